The van der Waals surface area contributed by atoms with Gasteiger partial charge in [-0.1, -0.05) is 6.07 Å². The fourth-order valence-electron chi connectivity index (χ4n) is 2.08. The Kier molecular flexibility index (Phi) is 7.79. The topological polar surface area (TPSA) is 120 Å². The number of hydrogen-bond acceptors (Lipinski definition) is 8. The molecule has 0 atom stereocenters. The zero-order valence-corrected chi connectivity index (χ0v) is 16.9. The van der Waals surface area contributed by atoms with Crippen LogP contribution < -0.4 is 19.5 Å². The van der Waals surface area contributed by atoms with Gasteiger partial charge in [-0.25, -0.2) is 13.1 Å². The number of esters is 1. The van der Waals surface area contributed by atoms with Crippen LogP contribution in [0.3, 0.4) is 0 Å². The van der Waals surface area contributed by atoms with Crippen LogP contribution >= 0.6 is 11.3 Å². The Morgan fingerprint density at radius 2 is 1.93 bits per heavy atom. The van der Waals surface area contributed by atoms with Crippen molar-refractivity contribution in [3.8, 4) is 11.5 Å². The molecule has 1 aromatic carbocycles. The van der Waals surface area contributed by atoms with Gasteiger partial charge in [-0.2, -0.15) is 0 Å². The average molecular weight is 428 g/mol. The SMILES string of the molecule is COc1ccc(NC(=O)COC(=O)CCNS(=O)(=O)c2cccs2)c(OC)c1. The van der Waals surface area contributed by atoms with Gasteiger partial charge in [0.1, 0.15) is 15.7 Å². The lowest BCUT2D eigenvalue weighted by molar-refractivity contribution is -0.147. The third-order valence-electron chi connectivity index (χ3n) is 3.43. The van der Waals surface area contributed by atoms with E-state index in [-0.39, 0.29) is 17.2 Å². The van der Waals surface area contributed by atoms with E-state index in [1.807, 2.05) is 0 Å². The average Bonchev–Trinajstić information content (AvgIpc) is 3.22. The second-order valence-electron chi connectivity index (χ2n) is 5.35. The summed E-state index contributed by atoms with van der Waals surface area (Å²) in [5.41, 5.74) is 0.396. The molecular weight excluding hydrogens is 408 g/mol. The number of benzene rings is 1. The fraction of sp³-hybridized carbons (Fsp3) is 0.294. The molecule has 1 aromatic heterocycles. The fourth-order valence-corrected chi connectivity index (χ4v) is 4.15. The lowest BCUT2D eigenvalue weighted by Crippen LogP contribution is -2.27. The minimum absolute atomic E-state index is 0.132. The van der Waals surface area contributed by atoms with Gasteiger partial charge < -0.3 is 19.5 Å². The molecule has 0 aliphatic rings. The first-order valence-corrected chi connectivity index (χ1v) is 10.4. The molecule has 0 aliphatic carbocycles. The third-order valence-corrected chi connectivity index (χ3v) is 6.29. The molecule has 2 rings (SSSR count). The molecule has 28 heavy (non-hydrogen) atoms. The summed E-state index contributed by atoms with van der Waals surface area (Å²) in [5, 5.41) is 4.20. The molecule has 0 bridgehead atoms. The van der Waals surface area contributed by atoms with Crippen molar-refractivity contribution in [2.45, 2.75) is 10.6 Å². The first kappa shape index (κ1) is 21.7. The summed E-state index contributed by atoms with van der Waals surface area (Å²) in [6.07, 6.45) is -0.205. The molecule has 0 saturated carbocycles. The van der Waals surface area contributed by atoms with E-state index < -0.39 is 28.5 Å². The number of rotatable bonds is 10. The Bertz CT molecular complexity index is 912. The number of carbonyl (C=O) groups is 2. The number of nitrogens with one attached hydrogen (secondary N) is 2. The molecule has 0 radical (unpaired) electrons. The van der Waals surface area contributed by atoms with E-state index in [1.165, 1.54) is 20.3 Å². The van der Waals surface area contributed by atoms with Gasteiger partial charge in [-0.15, -0.1) is 11.3 Å². The largest absolute Gasteiger partial charge is 0.497 e. The maximum absolute atomic E-state index is 11.9. The zero-order chi connectivity index (χ0) is 20.6. The number of carbonyl (C=O) groups excluding carboxylic acids is 2. The molecule has 0 unspecified atom stereocenters. The van der Waals surface area contributed by atoms with E-state index >= 15 is 0 Å². The second-order valence-corrected chi connectivity index (χ2v) is 8.30. The summed E-state index contributed by atoms with van der Waals surface area (Å²) in [6.45, 7) is -0.640. The minimum atomic E-state index is -3.64. The van der Waals surface area contributed by atoms with E-state index in [1.54, 1.807) is 29.6 Å². The highest BCUT2D eigenvalue weighted by molar-refractivity contribution is 7.91. The van der Waals surface area contributed by atoms with E-state index in [0.717, 1.165) is 11.3 Å². The first-order chi connectivity index (χ1) is 13.4. The van der Waals surface area contributed by atoms with E-state index in [0.29, 0.717) is 17.2 Å². The normalized spacial score (nSPS) is 10.9. The van der Waals surface area contributed by atoms with Crippen molar-refractivity contribution in [1.29, 1.82) is 0 Å². The van der Waals surface area contributed by atoms with Crippen molar-refractivity contribution in [3.63, 3.8) is 0 Å². The Hall–Kier alpha value is -2.63. The Balaban J connectivity index is 1.76. The van der Waals surface area contributed by atoms with Crippen molar-refractivity contribution in [3.05, 3.63) is 35.7 Å². The molecule has 152 valence electrons. The standard InChI is InChI=1S/C17H20N2O7S2/c1-24-12-5-6-13(14(10-12)25-2)19-15(20)11-26-16(21)7-8-18-28(22,23)17-4-3-9-27-17/h3-6,9-10,18H,7-8,11H2,1-2H3,(H,19,20). The second kappa shape index (κ2) is 10.1. The van der Waals surface area contributed by atoms with E-state index in [4.69, 9.17) is 14.2 Å². The monoisotopic (exact) mass is 428 g/mol. The summed E-state index contributed by atoms with van der Waals surface area (Å²) in [5.74, 6) is -0.310. The van der Waals surface area contributed by atoms with Gasteiger partial charge >= 0.3 is 5.97 Å². The van der Waals surface area contributed by atoms with Gasteiger partial charge in [0, 0.05) is 12.6 Å². The summed E-state index contributed by atoms with van der Waals surface area (Å²) in [7, 11) is -0.688. The van der Waals surface area contributed by atoms with Crippen molar-refractivity contribution < 1.29 is 32.2 Å². The highest BCUT2D eigenvalue weighted by Crippen LogP contribution is 2.28. The molecule has 0 aliphatic heterocycles. The molecule has 9 nitrogen and oxygen atoms in total. The molecule has 2 aromatic rings. The van der Waals surface area contributed by atoms with E-state index in [2.05, 4.69) is 10.0 Å². The van der Waals surface area contributed by atoms with Crippen LogP contribution in [0, 0.1) is 0 Å². The molecule has 0 saturated heterocycles. The summed E-state index contributed by atoms with van der Waals surface area (Å²) in [6, 6.07) is 7.91. The molecule has 1 heterocycles. The molecule has 2 N–H and O–H groups in total. The van der Waals surface area contributed by atoms with Crippen LogP contribution in [0.25, 0.3) is 0 Å². The number of sulfonamides is 1. The van der Waals surface area contributed by atoms with Gasteiger partial charge in [0.25, 0.3) is 5.91 Å². The maximum Gasteiger partial charge on any atom is 0.307 e. The van der Waals surface area contributed by atoms with Crippen molar-refractivity contribution in [2.24, 2.45) is 0 Å². The molecule has 11 heteroatoms. The third kappa shape index (κ3) is 6.22. The molecule has 0 spiro atoms. The summed E-state index contributed by atoms with van der Waals surface area (Å²) < 4.78 is 41.4. The lowest BCUT2D eigenvalue weighted by Gasteiger charge is -2.12. The van der Waals surface area contributed by atoms with Crippen molar-refractivity contribution in [1.82, 2.24) is 4.72 Å². The van der Waals surface area contributed by atoms with E-state index in [9.17, 15) is 18.0 Å². The number of hydrogen-bond donors (Lipinski definition) is 2. The van der Waals surface area contributed by atoms with Crippen LogP contribution in [-0.2, 0) is 24.3 Å². The van der Waals surface area contributed by atoms with Crippen LogP contribution in [-0.4, -0.2) is 47.7 Å². The van der Waals surface area contributed by atoms with Gasteiger partial charge in [0.05, 0.1) is 26.3 Å². The molecule has 0 fully saturated rings. The number of methoxy groups -OCH3 is 2. The predicted molar refractivity (Wildman–Crippen MR) is 103 cm³/mol. The number of amides is 1. The zero-order valence-electron chi connectivity index (χ0n) is 15.3. The smallest absolute Gasteiger partial charge is 0.307 e. The predicted octanol–water partition coefficient (Wildman–Crippen LogP) is 1.62. The summed E-state index contributed by atoms with van der Waals surface area (Å²) in [4.78, 5) is 23.6. The lowest BCUT2D eigenvalue weighted by atomic mass is 10.2. The highest BCUT2D eigenvalue weighted by atomic mass is 32.2. The van der Waals surface area contributed by atoms with Gasteiger partial charge in [0.2, 0.25) is 10.0 Å². The van der Waals surface area contributed by atoms with Gasteiger partial charge in [-0.3, -0.25) is 9.59 Å². The number of anilines is 1. The van der Waals surface area contributed by atoms with Gasteiger partial charge in [-0.05, 0) is 23.6 Å². The van der Waals surface area contributed by atoms with Crippen molar-refractivity contribution >= 4 is 38.9 Å². The highest BCUT2D eigenvalue weighted by Gasteiger charge is 2.16. The maximum atomic E-state index is 11.9. The van der Waals surface area contributed by atoms with Crippen LogP contribution in [0.15, 0.2) is 39.9 Å². The Morgan fingerprint density at radius 3 is 2.57 bits per heavy atom. The van der Waals surface area contributed by atoms with Crippen LogP contribution in [0.2, 0.25) is 0 Å². The molecule has 1 amide bonds. The first-order valence-electron chi connectivity index (χ1n) is 8.06. The molecular formula is C17H20N2O7S2. The van der Waals surface area contributed by atoms with Crippen LogP contribution in [0.4, 0.5) is 5.69 Å². The van der Waals surface area contributed by atoms with Crippen LogP contribution in [0.5, 0.6) is 11.5 Å². The Morgan fingerprint density at radius 1 is 1.14 bits per heavy atom. The quantitative estimate of drug-likeness (QED) is 0.552. The number of ether oxygens (including phenoxy) is 3. The summed E-state index contributed by atoms with van der Waals surface area (Å²) >= 11 is 1.07. The van der Waals surface area contributed by atoms with Crippen LogP contribution in [0.1, 0.15) is 6.42 Å². The van der Waals surface area contributed by atoms with Gasteiger partial charge in [0.15, 0.2) is 6.61 Å². The minimum Gasteiger partial charge on any atom is -0.497 e. The Labute approximate surface area is 166 Å². The van der Waals surface area contributed by atoms with Crippen molar-refractivity contribution in [2.75, 3.05) is 32.7 Å². The number of thiophene rings is 1.